The van der Waals surface area contributed by atoms with Gasteiger partial charge in [0, 0.05) is 26.2 Å². The van der Waals surface area contributed by atoms with Crippen molar-refractivity contribution < 1.29 is 13.9 Å². The van der Waals surface area contributed by atoms with E-state index in [4.69, 9.17) is 9.47 Å². The summed E-state index contributed by atoms with van der Waals surface area (Å²) in [5.41, 5.74) is 2.08. The predicted molar refractivity (Wildman–Crippen MR) is 114 cm³/mol. The van der Waals surface area contributed by atoms with Gasteiger partial charge in [0.05, 0.1) is 26.1 Å². The highest BCUT2D eigenvalue weighted by Crippen LogP contribution is 2.13. The summed E-state index contributed by atoms with van der Waals surface area (Å²) in [4.78, 5) is 20.6. The van der Waals surface area contributed by atoms with Crippen LogP contribution in [0.4, 0.5) is 22.2 Å². The van der Waals surface area contributed by atoms with E-state index in [1.54, 1.807) is 7.11 Å². The Bertz CT molecular complexity index is 956. The maximum Gasteiger partial charge on any atom is 0.322 e. The van der Waals surface area contributed by atoms with E-state index in [1.807, 2.05) is 31.2 Å². The normalized spacial score (nSPS) is 11.6. The van der Waals surface area contributed by atoms with Crippen molar-refractivity contribution in [2.75, 3.05) is 36.8 Å². The Kier molecular flexibility index (Phi) is 7.82. The molecule has 3 rings (SSSR count). The van der Waals surface area contributed by atoms with Gasteiger partial charge in [0.1, 0.15) is 0 Å². The lowest BCUT2D eigenvalue weighted by molar-refractivity contribution is 0.190. The molecule has 2 aromatic heterocycles. The van der Waals surface area contributed by atoms with Gasteiger partial charge >= 0.3 is 6.01 Å². The highest BCUT2D eigenvalue weighted by Gasteiger charge is 2.09. The Morgan fingerprint density at radius 1 is 0.871 bits per heavy atom. The molecule has 0 radical (unpaired) electrons. The van der Waals surface area contributed by atoms with Crippen LogP contribution < -0.4 is 20.7 Å². The molecule has 0 saturated carbocycles. The number of anilines is 3. The van der Waals surface area contributed by atoms with Crippen molar-refractivity contribution in [3.8, 4) is 6.01 Å². The summed E-state index contributed by atoms with van der Waals surface area (Å²) in [7, 11) is 3.14. The molecule has 1 unspecified atom stereocenters. The van der Waals surface area contributed by atoms with Crippen LogP contribution in [0, 0.1) is 5.82 Å². The molecule has 0 amide bonds. The summed E-state index contributed by atoms with van der Waals surface area (Å²) in [6.07, 6.45) is 2.25. The van der Waals surface area contributed by atoms with E-state index in [2.05, 4.69) is 40.9 Å². The van der Waals surface area contributed by atoms with Crippen LogP contribution in [0.25, 0.3) is 0 Å². The number of hydrogen-bond donors (Lipinski definition) is 3. The van der Waals surface area contributed by atoms with Crippen molar-refractivity contribution in [1.82, 2.24) is 24.9 Å². The van der Waals surface area contributed by atoms with Gasteiger partial charge in [-0.1, -0.05) is 24.3 Å². The van der Waals surface area contributed by atoms with Crippen LogP contribution in [-0.4, -0.2) is 51.8 Å². The molecule has 1 aromatic carbocycles. The minimum absolute atomic E-state index is 0.0337. The molecule has 0 bridgehead atoms. The molecule has 2 heterocycles. The van der Waals surface area contributed by atoms with Gasteiger partial charge in [0.15, 0.2) is 5.82 Å². The zero-order chi connectivity index (χ0) is 22.1. The van der Waals surface area contributed by atoms with Crippen molar-refractivity contribution >= 4 is 17.8 Å². The quantitative estimate of drug-likeness (QED) is 0.420. The summed E-state index contributed by atoms with van der Waals surface area (Å²) < 4.78 is 23.1. The highest BCUT2D eigenvalue weighted by molar-refractivity contribution is 5.38. The minimum atomic E-state index is -0.467. The molecule has 0 aliphatic carbocycles. The molecule has 11 heteroatoms. The fraction of sp³-hybridized carbons (Fsp3) is 0.350. The fourth-order valence-corrected chi connectivity index (χ4v) is 2.64. The second-order valence-corrected chi connectivity index (χ2v) is 6.72. The number of methoxy groups -OCH3 is 2. The maximum absolute atomic E-state index is 12.9. The number of halogens is 1. The van der Waals surface area contributed by atoms with E-state index in [-0.39, 0.29) is 12.1 Å². The van der Waals surface area contributed by atoms with E-state index < -0.39 is 5.82 Å². The lowest BCUT2D eigenvalue weighted by Gasteiger charge is -2.14. The molecule has 31 heavy (non-hydrogen) atoms. The number of benzene rings is 1. The van der Waals surface area contributed by atoms with Crippen molar-refractivity contribution in [3.63, 3.8) is 0 Å². The van der Waals surface area contributed by atoms with Gasteiger partial charge < -0.3 is 25.4 Å². The zero-order valence-corrected chi connectivity index (χ0v) is 17.6. The maximum atomic E-state index is 12.9. The molecule has 3 aromatic rings. The Morgan fingerprint density at radius 2 is 1.45 bits per heavy atom. The monoisotopic (exact) mass is 428 g/mol. The fourth-order valence-electron chi connectivity index (χ4n) is 2.64. The van der Waals surface area contributed by atoms with Crippen LogP contribution in [-0.2, 0) is 17.8 Å². The largest absolute Gasteiger partial charge is 0.467 e. The molecule has 0 fully saturated rings. The molecule has 164 valence electrons. The van der Waals surface area contributed by atoms with Gasteiger partial charge in [-0.2, -0.15) is 15.0 Å². The lowest BCUT2D eigenvalue weighted by atomic mass is 10.1. The summed E-state index contributed by atoms with van der Waals surface area (Å²) in [6.45, 7) is 3.53. The first-order chi connectivity index (χ1) is 15.1. The Labute approximate surface area is 179 Å². The molecular weight excluding hydrogens is 403 g/mol. The highest BCUT2D eigenvalue weighted by atomic mass is 19.1. The third kappa shape index (κ3) is 7.00. The number of hydrogen-bond acceptors (Lipinski definition) is 10. The summed E-state index contributed by atoms with van der Waals surface area (Å²) in [5, 5.41) is 9.38. The van der Waals surface area contributed by atoms with Crippen LogP contribution in [0.5, 0.6) is 6.01 Å². The molecule has 3 N–H and O–H groups in total. The van der Waals surface area contributed by atoms with Crippen molar-refractivity contribution in [1.29, 1.82) is 0 Å². The summed E-state index contributed by atoms with van der Waals surface area (Å²) >= 11 is 0. The van der Waals surface area contributed by atoms with Crippen LogP contribution in [0.1, 0.15) is 18.1 Å². The first-order valence-corrected chi connectivity index (χ1v) is 9.64. The second-order valence-electron chi connectivity index (χ2n) is 6.72. The summed E-state index contributed by atoms with van der Waals surface area (Å²) in [5.74, 6) is 0.715. The Hall–Kier alpha value is -3.60. The van der Waals surface area contributed by atoms with Crippen molar-refractivity contribution in [3.05, 3.63) is 53.6 Å². The van der Waals surface area contributed by atoms with Crippen LogP contribution in [0.2, 0.25) is 0 Å². The van der Waals surface area contributed by atoms with E-state index >= 15 is 0 Å². The SMILES string of the molecule is COCC(C)Nc1nc(NCc2ccc(CNc3ncc(F)cn3)cc2)nc(OC)n1. The molecule has 0 aliphatic rings. The molecular formula is C20H25FN8O2. The smallest absolute Gasteiger partial charge is 0.322 e. The van der Waals surface area contributed by atoms with Crippen LogP contribution in [0.3, 0.4) is 0 Å². The molecule has 0 aliphatic heterocycles. The van der Waals surface area contributed by atoms with Crippen molar-refractivity contribution in [2.24, 2.45) is 0 Å². The molecule has 0 saturated heterocycles. The third-order valence-corrected chi connectivity index (χ3v) is 4.13. The average molecular weight is 428 g/mol. The van der Waals surface area contributed by atoms with Crippen LogP contribution >= 0.6 is 0 Å². The van der Waals surface area contributed by atoms with E-state index in [1.165, 1.54) is 7.11 Å². The first kappa shape index (κ1) is 22.1. The zero-order valence-electron chi connectivity index (χ0n) is 17.6. The first-order valence-electron chi connectivity index (χ1n) is 9.64. The van der Waals surface area contributed by atoms with Gasteiger partial charge in [0.2, 0.25) is 17.8 Å². The molecule has 1 atom stereocenters. The molecule has 0 spiro atoms. The number of nitrogens with zero attached hydrogens (tertiary/aromatic N) is 5. The second kappa shape index (κ2) is 11.0. The van der Waals surface area contributed by atoms with Crippen LogP contribution in [0.15, 0.2) is 36.7 Å². The number of ether oxygens (including phenoxy) is 2. The average Bonchev–Trinajstić information content (AvgIpc) is 2.78. The van der Waals surface area contributed by atoms with Gasteiger partial charge in [-0.05, 0) is 18.1 Å². The Balaban J connectivity index is 1.56. The predicted octanol–water partition coefficient (Wildman–Crippen LogP) is 2.48. The van der Waals surface area contributed by atoms with Gasteiger partial charge in [-0.3, -0.25) is 0 Å². The topological polar surface area (TPSA) is 119 Å². The van der Waals surface area contributed by atoms with E-state index in [9.17, 15) is 4.39 Å². The van der Waals surface area contributed by atoms with Gasteiger partial charge in [-0.15, -0.1) is 0 Å². The van der Waals surface area contributed by atoms with Gasteiger partial charge in [-0.25, -0.2) is 14.4 Å². The number of rotatable bonds is 11. The van der Waals surface area contributed by atoms with E-state index in [0.717, 1.165) is 23.5 Å². The standard InChI is InChI=1S/C20H25FN8O2/c1-13(12-30-2)26-19-27-18(28-20(29-19)31-3)23-9-15-6-4-14(5-7-15)8-22-17-24-10-16(21)11-25-17/h4-7,10-11,13H,8-9,12H2,1-3H3,(H,22,24,25)(H2,23,26,27,28,29). The Morgan fingerprint density at radius 3 is 2.03 bits per heavy atom. The lowest BCUT2D eigenvalue weighted by Crippen LogP contribution is -2.23. The number of aromatic nitrogens is 5. The summed E-state index contributed by atoms with van der Waals surface area (Å²) in [6, 6.07) is 8.21. The van der Waals surface area contributed by atoms with Gasteiger partial charge in [0.25, 0.3) is 0 Å². The minimum Gasteiger partial charge on any atom is -0.467 e. The van der Waals surface area contributed by atoms with Crippen molar-refractivity contribution in [2.45, 2.75) is 26.1 Å². The van der Waals surface area contributed by atoms with E-state index in [0.29, 0.717) is 37.5 Å². The number of nitrogens with one attached hydrogen (secondary N) is 3. The third-order valence-electron chi connectivity index (χ3n) is 4.13. The molecule has 10 nitrogen and oxygen atoms in total.